The highest BCUT2D eigenvalue weighted by atomic mass is 14.0. The molecule has 58 valence electrons. The second-order valence-corrected chi connectivity index (χ2v) is 2.15. The van der Waals surface area contributed by atoms with Gasteiger partial charge in [0.1, 0.15) is 0 Å². The van der Waals surface area contributed by atoms with Gasteiger partial charge in [0.25, 0.3) is 0 Å². The molecule has 0 saturated carbocycles. The van der Waals surface area contributed by atoms with Crippen LogP contribution in [0.3, 0.4) is 0 Å². The van der Waals surface area contributed by atoms with Crippen molar-refractivity contribution in [1.82, 2.24) is 0 Å². The molecule has 1 aliphatic carbocycles. The minimum absolute atomic E-state index is 1.23. The molecule has 0 aromatic carbocycles. The van der Waals surface area contributed by atoms with Crippen LogP contribution in [-0.4, -0.2) is 0 Å². The van der Waals surface area contributed by atoms with E-state index in [0.29, 0.717) is 0 Å². The maximum absolute atomic E-state index is 2.23. The van der Waals surface area contributed by atoms with Gasteiger partial charge in [0.2, 0.25) is 0 Å². The summed E-state index contributed by atoms with van der Waals surface area (Å²) in [5, 5.41) is 0. The van der Waals surface area contributed by atoms with Crippen LogP contribution in [0.1, 0.15) is 40.0 Å². The summed E-state index contributed by atoms with van der Waals surface area (Å²) in [6, 6.07) is 0. The van der Waals surface area contributed by atoms with Crippen molar-refractivity contribution in [3.05, 3.63) is 23.8 Å². The Kier molecular flexibility index (Phi) is 6.25. The number of hydrogen-bond acceptors (Lipinski definition) is 0. The largest absolute Gasteiger partial charge is 0.0842 e. The molecule has 0 aromatic rings. The van der Waals surface area contributed by atoms with E-state index >= 15 is 0 Å². The normalized spacial score (nSPS) is 15.3. The van der Waals surface area contributed by atoms with Crippen LogP contribution in [0.2, 0.25) is 0 Å². The van der Waals surface area contributed by atoms with Gasteiger partial charge in [-0.15, -0.1) is 0 Å². The van der Waals surface area contributed by atoms with E-state index in [-0.39, 0.29) is 0 Å². The van der Waals surface area contributed by atoms with E-state index in [0.717, 1.165) is 0 Å². The predicted molar refractivity (Wildman–Crippen MR) is 48.1 cm³/mol. The second-order valence-electron chi connectivity index (χ2n) is 2.15. The lowest BCUT2D eigenvalue weighted by Crippen LogP contribution is -1.83. The monoisotopic (exact) mass is 138 g/mol. The Morgan fingerprint density at radius 2 is 2.10 bits per heavy atom. The van der Waals surface area contributed by atoms with Crippen LogP contribution in [0, 0.1) is 0 Å². The zero-order chi connectivity index (χ0) is 7.82. The van der Waals surface area contributed by atoms with Crippen LogP contribution in [0.15, 0.2) is 23.8 Å². The van der Waals surface area contributed by atoms with Crippen molar-refractivity contribution in [3.63, 3.8) is 0 Å². The summed E-state index contributed by atoms with van der Waals surface area (Å²) in [7, 11) is 0. The summed E-state index contributed by atoms with van der Waals surface area (Å²) in [6.07, 6.45) is 10.4. The predicted octanol–water partition coefficient (Wildman–Crippen LogP) is 3.70. The average molecular weight is 138 g/mol. The van der Waals surface area contributed by atoms with Gasteiger partial charge in [0.05, 0.1) is 0 Å². The van der Waals surface area contributed by atoms with E-state index < -0.39 is 0 Å². The van der Waals surface area contributed by atoms with Crippen molar-refractivity contribution < 1.29 is 0 Å². The molecule has 0 spiro atoms. The van der Waals surface area contributed by atoms with Gasteiger partial charge in [-0.25, -0.2) is 0 Å². The van der Waals surface area contributed by atoms with Crippen molar-refractivity contribution in [2.75, 3.05) is 0 Å². The smallest absolute Gasteiger partial charge is 0.0282 e. The first-order chi connectivity index (χ1) is 4.93. The Labute approximate surface area is 64.6 Å². The van der Waals surface area contributed by atoms with Crippen molar-refractivity contribution in [3.8, 4) is 0 Å². The number of allylic oxidation sites excluding steroid dienone is 4. The molecule has 0 unspecified atom stereocenters. The maximum Gasteiger partial charge on any atom is -0.0282 e. The minimum atomic E-state index is 1.23. The van der Waals surface area contributed by atoms with E-state index in [1.807, 2.05) is 13.8 Å². The second kappa shape index (κ2) is 6.60. The molecule has 0 atom stereocenters. The molecule has 1 rings (SSSR count). The molecule has 0 aromatic heterocycles. The summed E-state index contributed by atoms with van der Waals surface area (Å²) >= 11 is 0. The Morgan fingerprint density at radius 3 is 2.40 bits per heavy atom. The first kappa shape index (κ1) is 9.48. The molecule has 0 heteroatoms. The van der Waals surface area contributed by atoms with Crippen LogP contribution < -0.4 is 0 Å². The molecule has 0 saturated heterocycles. The number of rotatable bonds is 1. The molecule has 10 heavy (non-hydrogen) atoms. The Morgan fingerprint density at radius 1 is 1.40 bits per heavy atom. The quantitative estimate of drug-likeness (QED) is 0.518. The third-order valence-electron chi connectivity index (χ3n) is 1.55. The lowest BCUT2D eigenvalue weighted by atomic mass is 10.0. The minimum Gasteiger partial charge on any atom is -0.0842 e. The van der Waals surface area contributed by atoms with Gasteiger partial charge in [-0.1, -0.05) is 44.6 Å². The summed E-state index contributed by atoms with van der Waals surface area (Å²) in [5.41, 5.74) is 1.59. The Hall–Kier alpha value is -0.520. The van der Waals surface area contributed by atoms with E-state index in [1.165, 1.54) is 19.3 Å². The highest BCUT2D eigenvalue weighted by molar-refractivity contribution is 5.16. The van der Waals surface area contributed by atoms with Crippen molar-refractivity contribution in [2.24, 2.45) is 0 Å². The third kappa shape index (κ3) is 3.49. The zero-order valence-electron chi connectivity index (χ0n) is 7.35. The van der Waals surface area contributed by atoms with Crippen molar-refractivity contribution in [1.29, 1.82) is 0 Å². The first-order valence-corrected chi connectivity index (χ1v) is 4.28. The lowest BCUT2D eigenvalue weighted by molar-refractivity contribution is 0.895. The van der Waals surface area contributed by atoms with Gasteiger partial charge < -0.3 is 0 Å². The van der Waals surface area contributed by atoms with Gasteiger partial charge in [-0.05, 0) is 19.3 Å². The molecule has 0 bridgehead atoms. The highest BCUT2D eigenvalue weighted by Crippen LogP contribution is 2.13. The molecule has 0 fully saturated rings. The van der Waals surface area contributed by atoms with Crippen LogP contribution in [0.4, 0.5) is 0 Å². The standard InChI is InChI=1S/C8H12.C2H6/c1-2-8-6-4-3-5-7-8;1-2/h3-4,6H,2,5,7H2,1H3;1-2H3. The van der Waals surface area contributed by atoms with Crippen molar-refractivity contribution >= 4 is 0 Å². The summed E-state index contributed by atoms with van der Waals surface area (Å²) in [5.74, 6) is 0. The van der Waals surface area contributed by atoms with Gasteiger partial charge in [0, 0.05) is 0 Å². The highest BCUT2D eigenvalue weighted by Gasteiger charge is 1.93. The van der Waals surface area contributed by atoms with Gasteiger partial charge in [-0.3, -0.25) is 0 Å². The van der Waals surface area contributed by atoms with E-state index in [9.17, 15) is 0 Å². The van der Waals surface area contributed by atoms with E-state index in [2.05, 4.69) is 25.2 Å². The zero-order valence-corrected chi connectivity index (χ0v) is 7.35. The summed E-state index contributed by atoms with van der Waals surface area (Å²) in [4.78, 5) is 0. The van der Waals surface area contributed by atoms with E-state index in [4.69, 9.17) is 0 Å². The van der Waals surface area contributed by atoms with Crippen molar-refractivity contribution in [2.45, 2.75) is 40.0 Å². The summed E-state index contributed by atoms with van der Waals surface area (Å²) < 4.78 is 0. The molecule has 0 radical (unpaired) electrons. The van der Waals surface area contributed by atoms with Gasteiger partial charge in [0.15, 0.2) is 0 Å². The molecule has 0 aliphatic heterocycles. The molecular weight excluding hydrogens is 120 g/mol. The Balaban J connectivity index is 0.000000371. The molecule has 1 aliphatic rings. The molecule has 0 nitrogen and oxygen atoms in total. The SMILES string of the molecule is CC.CCC1=CC=CCC1. The fourth-order valence-electron chi connectivity index (χ4n) is 0.947. The fraction of sp³-hybridized carbons (Fsp3) is 0.600. The van der Waals surface area contributed by atoms with Crippen LogP contribution >= 0.6 is 0 Å². The fourth-order valence-corrected chi connectivity index (χ4v) is 0.947. The maximum atomic E-state index is 2.23. The van der Waals surface area contributed by atoms with Gasteiger partial charge >= 0.3 is 0 Å². The molecule has 0 amide bonds. The van der Waals surface area contributed by atoms with Crippen LogP contribution in [0.5, 0.6) is 0 Å². The molecule has 0 heterocycles. The third-order valence-corrected chi connectivity index (χ3v) is 1.55. The average Bonchev–Trinajstić information content (AvgIpc) is 2.10. The summed E-state index contributed by atoms with van der Waals surface area (Å²) in [6.45, 7) is 6.21. The van der Waals surface area contributed by atoms with Gasteiger partial charge in [-0.2, -0.15) is 0 Å². The van der Waals surface area contributed by atoms with Crippen LogP contribution in [-0.2, 0) is 0 Å². The van der Waals surface area contributed by atoms with E-state index in [1.54, 1.807) is 5.57 Å². The topological polar surface area (TPSA) is 0 Å². The number of hydrogen-bond donors (Lipinski definition) is 0. The molecule has 0 N–H and O–H groups in total. The Bertz CT molecular complexity index is 118. The first-order valence-electron chi connectivity index (χ1n) is 4.28. The lowest BCUT2D eigenvalue weighted by Gasteiger charge is -2.03. The van der Waals surface area contributed by atoms with Crippen LogP contribution in [0.25, 0.3) is 0 Å². The molecular formula is C10H18.